The molecule has 1 amide bonds. The highest BCUT2D eigenvalue weighted by Gasteiger charge is 2.30. The molecule has 3 N–H and O–H groups in total. The lowest BCUT2D eigenvalue weighted by Gasteiger charge is -2.20. The van der Waals surface area contributed by atoms with E-state index in [1.54, 1.807) is 0 Å². The number of carbonyl (C=O) groups is 2. The summed E-state index contributed by atoms with van der Waals surface area (Å²) in [5, 5.41) is 14.9. The van der Waals surface area contributed by atoms with Gasteiger partial charge in [0.25, 0.3) is 0 Å². The van der Waals surface area contributed by atoms with Gasteiger partial charge in [-0.1, -0.05) is 0 Å². The van der Waals surface area contributed by atoms with E-state index in [2.05, 4.69) is 15.4 Å². The molecule has 0 spiro atoms. The molecule has 0 aromatic rings. The summed E-state index contributed by atoms with van der Waals surface area (Å²) in [4.78, 5) is 23.0. The van der Waals surface area contributed by atoms with Crippen molar-refractivity contribution in [3.05, 3.63) is 0 Å². The Labute approximate surface area is 94.3 Å². The van der Waals surface area contributed by atoms with Crippen molar-refractivity contribution in [1.29, 1.82) is 0 Å². The SMILES string of the molecule is COC(=O)C(NC(=O)[C@@H]1CCCN1)C(C)O. The van der Waals surface area contributed by atoms with Crippen molar-refractivity contribution >= 4 is 11.9 Å². The summed E-state index contributed by atoms with van der Waals surface area (Å²) in [6, 6.07) is -1.27. The molecule has 0 saturated carbocycles. The molecule has 1 rings (SSSR count). The van der Waals surface area contributed by atoms with E-state index in [9.17, 15) is 14.7 Å². The highest BCUT2D eigenvalue weighted by atomic mass is 16.5. The van der Waals surface area contributed by atoms with E-state index in [1.807, 2.05) is 0 Å². The van der Waals surface area contributed by atoms with Crippen molar-refractivity contribution in [3.63, 3.8) is 0 Å². The largest absolute Gasteiger partial charge is 0.467 e. The van der Waals surface area contributed by atoms with Gasteiger partial charge in [-0.15, -0.1) is 0 Å². The maximum absolute atomic E-state index is 11.7. The highest BCUT2D eigenvalue weighted by Crippen LogP contribution is 2.06. The lowest BCUT2D eigenvalue weighted by atomic mass is 10.1. The van der Waals surface area contributed by atoms with Crippen LogP contribution in [0.5, 0.6) is 0 Å². The summed E-state index contributed by atoms with van der Waals surface area (Å²) in [5.41, 5.74) is 0. The van der Waals surface area contributed by atoms with Gasteiger partial charge in [-0.3, -0.25) is 4.79 Å². The van der Waals surface area contributed by atoms with Crippen molar-refractivity contribution in [2.24, 2.45) is 0 Å². The van der Waals surface area contributed by atoms with E-state index in [0.29, 0.717) is 0 Å². The third kappa shape index (κ3) is 3.18. The molecule has 1 aliphatic rings. The van der Waals surface area contributed by atoms with E-state index in [0.717, 1.165) is 19.4 Å². The summed E-state index contributed by atoms with van der Waals surface area (Å²) in [7, 11) is 1.22. The van der Waals surface area contributed by atoms with E-state index < -0.39 is 18.1 Å². The molecule has 16 heavy (non-hydrogen) atoms. The van der Waals surface area contributed by atoms with Crippen LogP contribution in [0.1, 0.15) is 19.8 Å². The summed E-state index contributed by atoms with van der Waals surface area (Å²) in [6.07, 6.45) is 0.715. The van der Waals surface area contributed by atoms with Crippen LogP contribution in [0.2, 0.25) is 0 Å². The Balaban J connectivity index is 2.53. The third-order valence-electron chi connectivity index (χ3n) is 2.61. The first-order valence-corrected chi connectivity index (χ1v) is 5.36. The van der Waals surface area contributed by atoms with E-state index in [-0.39, 0.29) is 11.9 Å². The molecule has 0 bridgehead atoms. The normalized spacial score (nSPS) is 23.6. The van der Waals surface area contributed by atoms with Crippen LogP contribution in [0, 0.1) is 0 Å². The lowest BCUT2D eigenvalue weighted by molar-refractivity contribution is -0.148. The summed E-state index contributed by atoms with van der Waals surface area (Å²) in [6.45, 7) is 2.24. The fraction of sp³-hybridized carbons (Fsp3) is 0.800. The summed E-state index contributed by atoms with van der Waals surface area (Å²) >= 11 is 0. The molecule has 0 radical (unpaired) electrons. The Morgan fingerprint density at radius 2 is 2.25 bits per heavy atom. The van der Waals surface area contributed by atoms with Crippen LogP contribution in [0.3, 0.4) is 0 Å². The van der Waals surface area contributed by atoms with Crippen LogP contribution in [0.25, 0.3) is 0 Å². The number of hydrogen-bond acceptors (Lipinski definition) is 5. The van der Waals surface area contributed by atoms with Crippen molar-refractivity contribution in [2.45, 2.75) is 38.0 Å². The zero-order chi connectivity index (χ0) is 12.1. The number of amides is 1. The average molecular weight is 230 g/mol. The van der Waals surface area contributed by atoms with Crippen molar-refractivity contribution in [2.75, 3.05) is 13.7 Å². The molecule has 3 atom stereocenters. The minimum Gasteiger partial charge on any atom is -0.467 e. The predicted molar refractivity (Wildman–Crippen MR) is 56.7 cm³/mol. The van der Waals surface area contributed by atoms with Gasteiger partial charge in [-0.2, -0.15) is 0 Å². The van der Waals surface area contributed by atoms with E-state index in [1.165, 1.54) is 14.0 Å². The predicted octanol–water partition coefficient (Wildman–Crippen LogP) is -1.22. The van der Waals surface area contributed by atoms with Crippen molar-refractivity contribution in [1.82, 2.24) is 10.6 Å². The second-order valence-corrected chi connectivity index (χ2v) is 3.90. The lowest BCUT2D eigenvalue weighted by Crippen LogP contribution is -2.52. The van der Waals surface area contributed by atoms with Gasteiger partial charge >= 0.3 is 5.97 Å². The van der Waals surface area contributed by atoms with Crippen LogP contribution >= 0.6 is 0 Å². The van der Waals surface area contributed by atoms with Gasteiger partial charge in [0.2, 0.25) is 5.91 Å². The topological polar surface area (TPSA) is 87.7 Å². The Bertz CT molecular complexity index is 262. The third-order valence-corrected chi connectivity index (χ3v) is 2.61. The van der Waals surface area contributed by atoms with Gasteiger partial charge in [0.05, 0.1) is 19.3 Å². The maximum atomic E-state index is 11.7. The zero-order valence-electron chi connectivity index (χ0n) is 9.53. The van der Waals surface area contributed by atoms with Crippen molar-refractivity contribution in [3.8, 4) is 0 Å². The molecule has 1 fully saturated rings. The Morgan fingerprint density at radius 1 is 1.56 bits per heavy atom. The number of aliphatic hydroxyl groups excluding tert-OH is 1. The standard InChI is InChI=1S/C10H18N2O4/c1-6(13)8(10(15)16-2)12-9(14)7-4-3-5-11-7/h6-8,11,13H,3-5H2,1-2H3,(H,12,14)/t6?,7-,8?/m0/s1. The van der Waals surface area contributed by atoms with Crippen LogP contribution in [0.4, 0.5) is 0 Å². The number of nitrogens with one attached hydrogen (secondary N) is 2. The number of hydrogen-bond donors (Lipinski definition) is 3. The second-order valence-electron chi connectivity index (χ2n) is 3.90. The molecule has 1 aliphatic heterocycles. The number of methoxy groups -OCH3 is 1. The fourth-order valence-corrected chi connectivity index (χ4v) is 1.67. The van der Waals surface area contributed by atoms with E-state index >= 15 is 0 Å². The fourth-order valence-electron chi connectivity index (χ4n) is 1.67. The minimum atomic E-state index is -1.00. The number of aliphatic hydroxyl groups is 1. The second kappa shape index (κ2) is 5.81. The van der Waals surface area contributed by atoms with Crippen LogP contribution in [-0.2, 0) is 14.3 Å². The van der Waals surface area contributed by atoms with Gasteiger partial charge in [0.1, 0.15) is 0 Å². The monoisotopic (exact) mass is 230 g/mol. The smallest absolute Gasteiger partial charge is 0.331 e. The zero-order valence-corrected chi connectivity index (χ0v) is 9.53. The first-order valence-electron chi connectivity index (χ1n) is 5.36. The van der Waals surface area contributed by atoms with Gasteiger partial charge < -0.3 is 20.5 Å². The number of esters is 1. The Morgan fingerprint density at radius 3 is 2.69 bits per heavy atom. The van der Waals surface area contributed by atoms with Gasteiger partial charge in [0, 0.05) is 0 Å². The quantitative estimate of drug-likeness (QED) is 0.527. The summed E-state index contributed by atoms with van der Waals surface area (Å²) in [5.74, 6) is -0.907. The van der Waals surface area contributed by atoms with Crippen LogP contribution in [-0.4, -0.2) is 48.8 Å². The highest BCUT2D eigenvalue weighted by molar-refractivity contribution is 5.88. The maximum Gasteiger partial charge on any atom is 0.331 e. The molecular formula is C10H18N2O4. The van der Waals surface area contributed by atoms with E-state index in [4.69, 9.17) is 0 Å². The summed E-state index contributed by atoms with van der Waals surface area (Å²) < 4.78 is 4.50. The van der Waals surface area contributed by atoms with Gasteiger partial charge in [0.15, 0.2) is 6.04 Å². The van der Waals surface area contributed by atoms with Gasteiger partial charge in [-0.05, 0) is 26.3 Å². The average Bonchev–Trinajstić information content (AvgIpc) is 2.77. The molecule has 1 heterocycles. The molecule has 2 unspecified atom stereocenters. The molecular weight excluding hydrogens is 212 g/mol. The number of carbonyl (C=O) groups excluding carboxylic acids is 2. The molecule has 0 aromatic carbocycles. The first-order chi connectivity index (χ1) is 7.56. The molecule has 1 saturated heterocycles. The first kappa shape index (κ1) is 12.9. The molecule has 0 aliphatic carbocycles. The van der Waals surface area contributed by atoms with Crippen LogP contribution in [0.15, 0.2) is 0 Å². The van der Waals surface area contributed by atoms with Crippen LogP contribution < -0.4 is 10.6 Å². The molecule has 6 heteroatoms. The molecule has 92 valence electrons. The minimum absolute atomic E-state index is 0.270. The number of rotatable bonds is 4. The number of ether oxygens (including phenoxy) is 1. The molecule has 0 aromatic heterocycles. The van der Waals surface area contributed by atoms with Gasteiger partial charge in [-0.25, -0.2) is 4.79 Å². The Hall–Kier alpha value is -1.14. The Kier molecular flexibility index (Phi) is 4.70. The van der Waals surface area contributed by atoms with Crippen molar-refractivity contribution < 1.29 is 19.4 Å². The molecule has 6 nitrogen and oxygen atoms in total.